The number of rotatable bonds is 6. The van der Waals surface area contributed by atoms with E-state index in [1.54, 1.807) is 31.6 Å². The fourth-order valence-corrected chi connectivity index (χ4v) is 2.81. The van der Waals surface area contributed by atoms with Crippen LogP contribution in [-0.4, -0.2) is 22.9 Å². The first-order valence-electron chi connectivity index (χ1n) is 8.24. The predicted octanol–water partition coefficient (Wildman–Crippen LogP) is 3.95. The molecule has 0 aliphatic heterocycles. The highest BCUT2D eigenvalue weighted by Crippen LogP contribution is 2.23. The smallest absolute Gasteiger partial charge is 0.231 e. The molecule has 0 aliphatic rings. The third-order valence-corrected chi connectivity index (χ3v) is 4.30. The Hall–Kier alpha value is -2.92. The lowest BCUT2D eigenvalue weighted by Gasteiger charge is -2.19. The summed E-state index contributed by atoms with van der Waals surface area (Å²) in [4.78, 5) is 22.6. The Morgan fingerprint density at radius 1 is 1.04 bits per heavy atom. The zero-order chi connectivity index (χ0) is 18.4. The molecule has 0 aliphatic carbocycles. The van der Waals surface area contributed by atoms with Crippen molar-refractivity contribution in [2.45, 2.75) is 13.0 Å². The van der Waals surface area contributed by atoms with Gasteiger partial charge >= 0.3 is 0 Å². The average Bonchev–Trinajstić information content (AvgIpc) is 2.68. The van der Waals surface area contributed by atoms with Gasteiger partial charge in [-0.05, 0) is 23.8 Å². The monoisotopic (exact) mass is 366 g/mol. The van der Waals surface area contributed by atoms with E-state index in [1.165, 1.54) is 4.90 Å². The molecule has 0 bridgehead atoms. The van der Waals surface area contributed by atoms with Crippen molar-refractivity contribution in [3.8, 4) is 0 Å². The number of nitrogens with zero attached hydrogens (tertiary/aromatic N) is 3. The third kappa shape index (κ3) is 4.37. The summed E-state index contributed by atoms with van der Waals surface area (Å²) in [5, 5.41) is 3.61. The predicted molar refractivity (Wildman–Crippen MR) is 104 cm³/mol. The first-order valence-corrected chi connectivity index (χ1v) is 8.61. The number of nitrogens with one attached hydrogen (secondary N) is 1. The first-order chi connectivity index (χ1) is 12.6. The molecule has 0 atom stereocenters. The Bertz CT molecular complexity index is 886. The van der Waals surface area contributed by atoms with Gasteiger partial charge in [0.15, 0.2) is 5.15 Å². The summed E-state index contributed by atoms with van der Waals surface area (Å²) in [5.41, 5.74) is 2.57. The lowest BCUT2D eigenvalue weighted by molar-refractivity contribution is -0.117. The number of carbonyl (C=O) groups is 1. The van der Waals surface area contributed by atoms with E-state index in [0.717, 1.165) is 11.1 Å². The van der Waals surface area contributed by atoms with Gasteiger partial charge in [-0.1, -0.05) is 48.0 Å². The molecule has 132 valence electrons. The summed E-state index contributed by atoms with van der Waals surface area (Å²) in [6.07, 6.45) is 3.52. The Kier molecular flexibility index (Phi) is 5.81. The zero-order valence-electron chi connectivity index (χ0n) is 14.4. The summed E-state index contributed by atoms with van der Waals surface area (Å²) in [7, 11) is 1.69. The average molecular weight is 367 g/mol. The minimum Gasteiger partial charge on any atom is -0.366 e. The number of benzene rings is 1. The van der Waals surface area contributed by atoms with Gasteiger partial charge in [-0.25, -0.2) is 9.97 Å². The quantitative estimate of drug-likeness (QED) is 0.671. The molecule has 6 heteroatoms. The number of pyridine rings is 2. The van der Waals surface area contributed by atoms with Crippen LogP contribution in [-0.2, 0) is 17.8 Å². The van der Waals surface area contributed by atoms with Crippen LogP contribution in [0.3, 0.4) is 0 Å². The minimum absolute atomic E-state index is 0.0874. The Balaban J connectivity index is 1.71. The molecule has 0 radical (unpaired) electrons. The molecular weight excluding hydrogens is 348 g/mol. The number of hydrogen-bond donors (Lipinski definition) is 1. The minimum atomic E-state index is -0.0874. The van der Waals surface area contributed by atoms with Gasteiger partial charge in [0.2, 0.25) is 5.91 Å². The fourth-order valence-electron chi connectivity index (χ4n) is 2.57. The molecule has 2 aromatic heterocycles. The second kappa shape index (κ2) is 8.45. The molecule has 2 heterocycles. The summed E-state index contributed by atoms with van der Waals surface area (Å²) in [6.45, 7) is 0.642. The number of likely N-dealkylation sites (N-methyl/N-ethyl adjacent to an activating group) is 1. The maximum atomic E-state index is 12.7. The third-order valence-electron chi connectivity index (χ3n) is 4.01. The molecular formula is C20H19ClN4O. The van der Waals surface area contributed by atoms with E-state index >= 15 is 0 Å². The fraction of sp³-hybridized carbons (Fsp3) is 0.150. The van der Waals surface area contributed by atoms with Gasteiger partial charge in [0.05, 0.1) is 12.1 Å². The van der Waals surface area contributed by atoms with Crippen LogP contribution in [0.5, 0.6) is 0 Å². The van der Waals surface area contributed by atoms with Gasteiger partial charge in [0, 0.05) is 31.5 Å². The highest BCUT2D eigenvalue weighted by atomic mass is 35.5. The van der Waals surface area contributed by atoms with Crippen LogP contribution in [0.2, 0.25) is 5.15 Å². The Morgan fingerprint density at radius 3 is 2.54 bits per heavy atom. The maximum absolute atomic E-state index is 12.7. The van der Waals surface area contributed by atoms with Gasteiger partial charge < -0.3 is 10.2 Å². The molecule has 1 aromatic carbocycles. The van der Waals surface area contributed by atoms with Crippen molar-refractivity contribution in [1.29, 1.82) is 0 Å². The Morgan fingerprint density at radius 2 is 1.77 bits per heavy atom. The van der Waals surface area contributed by atoms with E-state index in [-0.39, 0.29) is 12.3 Å². The lowest BCUT2D eigenvalue weighted by Crippen LogP contribution is -2.28. The molecule has 26 heavy (non-hydrogen) atoms. The number of amides is 1. The number of hydrogen-bond acceptors (Lipinski definition) is 4. The van der Waals surface area contributed by atoms with E-state index in [9.17, 15) is 4.79 Å². The number of carbonyl (C=O) groups excluding carboxylic acids is 1. The topological polar surface area (TPSA) is 58.1 Å². The van der Waals surface area contributed by atoms with Crippen LogP contribution in [0.15, 0.2) is 67.0 Å². The molecule has 0 fully saturated rings. The second-order valence-electron chi connectivity index (χ2n) is 5.79. The van der Waals surface area contributed by atoms with E-state index < -0.39 is 0 Å². The van der Waals surface area contributed by atoms with Gasteiger partial charge in [0.25, 0.3) is 0 Å². The van der Waals surface area contributed by atoms with E-state index in [4.69, 9.17) is 11.6 Å². The zero-order valence-corrected chi connectivity index (χ0v) is 15.1. The molecule has 1 N–H and O–H groups in total. The van der Waals surface area contributed by atoms with Gasteiger partial charge in [-0.15, -0.1) is 0 Å². The lowest BCUT2D eigenvalue weighted by atomic mass is 10.1. The molecule has 0 saturated carbocycles. The molecule has 3 aromatic rings. The van der Waals surface area contributed by atoms with Crippen LogP contribution < -0.4 is 10.2 Å². The second-order valence-corrected chi connectivity index (χ2v) is 6.15. The van der Waals surface area contributed by atoms with E-state index in [1.807, 2.05) is 42.5 Å². The van der Waals surface area contributed by atoms with Crippen molar-refractivity contribution in [3.05, 3.63) is 83.3 Å². The van der Waals surface area contributed by atoms with Crippen molar-refractivity contribution in [3.63, 3.8) is 0 Å². The Labute approximate surface area is 157 Å². The van der Waals surface area contributed by atoms with Gasteiger partial charge in [-0.3, -0.25) is 4.79 Å². The highest BCUT2D eigenvalue weighted by Gasteiger charge is 2.16. The van der Waals surface area contributed by atoms with Gasteiger partial charge in [-0.2, -0.15) is 0 Å². The SMILES string of the molecule is CN(C(=O)Cc1cccnc1NCc1ccccc1)c1cccnc1Cl. The van der Waals surface area contributed by atoms with Crippen molar-refractivity contribution in [1.82, 2.24) is 9.97 Å². The summed E-state index contributed by atoms with van der Waals surface area (Å²) >= 11 is 6.09. The van der Waals surface area contributed by atoms with Crippen molar-refractivity contribution in [2.75, 3.05) is 17.3 Å². The van der Waals surface area contributed by atoms with Crippen LogP contribution in [0.25, 0.3) is 0 Å². The number of anilines is 2. The normalized spacial score (nSPS) is 10.4. The standard InChI is InChI=1S/C20H19ClN4O/c1-25(17-10-6-11-22-19(17)21)18(26)13-16-9-5-12-23-20(16)24-14-15-7-3-2-4-8-15/h2-12H,13-14H2,1H3,(H,23,24). The largest absolute Gasteiger partial charge is 0.366 e. The van der Waals surface area contributed by atoms with Crippen molar-refractivity contribution < 1.29 is 4.79 Å². The maximum Gasteiger partial charge on any atom is 0.231 e. The molecule has 1 amide bonds. The van der Waals surface area contributed by atoms with Crippen molar-refractivity contribution in [2.24, 2.45) is 0 Å². The first kappa shape index (κ1) is 17.9. The molecule has 0 saturated heterocycles. The van der Waals surface area contributed by atoms with Crippen LogP contribution in [0.1, 0.15) is 11.1 Å². The van der Waals surface area contributed by atoms with Gasteiger partial charge in [0.1, 0.15) is 5.82 Å². The van der Waals surface area contributed by atoms with Crippen LogP contribution >= 0.6 is 11.6 Å². The van der Waals surface area contributed by atoms with E-state index in [0.29, 0.717) is 23.2 Å². The van der Waals surface area contributed by atoms with Crippen molar-refractivity contribution >= 4 is 29.0 Å². The highest BCUT2D eigenvalue weighted by molar-refractivity contribution is 6.32. The van der Waals surface area contributed by atoms with Crippen LogP contribution in [0, 0.1) is 0 Å². The molecule has 5 nitrogen and oxygen atoms in total. The number of halogens is 1. The molecule has 0 unspecified atom stereocenters. The van der Waals surface area contributed by atoms with Crippen LogP contribution in [0.4, 0.5) is 11.5 Å². The summed E-state index contributed by atoms with van der Waals surface area (Å²) in [5.74, 6) is 0.617. The van der Waals surface area contributed by atoms with E-state index in [2.05, 4.69) is 15.3 Å². The summed E-state index contributed by atoms with van der Waals surface area (Å²) in [6, 6.07) is 17.3. The molecule has 0 spiro atoms. The number of aromatic nitrogens is 2. The summed E-state index contributed by atoms with van der Waals surface area (Å²) < 4.78 is 0. The molecule has 3 rings (SSSR count).